The van der Waals surface area contributed by atoms with Crippen LogP contribution in [0.25, 0.3) is 0 Å². The predicted molar refractivity (Wildman–Crippen MR) is 129 cm³/mol. The van der Waals surface area contributed by atoms with Gasteiger partial charge in [0, 0.05) is 43.0 Å². The van der Waals surface area contributed by atoms with Gasteiger partial charge in [-0.15, -0.1) is 0 Å². The van der Waals surface area contributed by atoms with Crippen molar-refractivity contribution in [3.8, 4) is 5.75 Å². The number of hydrogen-bond acceptors (Lipinski definition) is 4. The molecule has 6 nitrogen and oxygen atoms in total. The summed E-state index contributed by atoms with van der Waals surface area (Å²) in [6, 6.07) is 20.3. The summed E-state index contributed by atoms with van der Waals surface area (Å²) in [6.07, 6.45) is 0.170. The van der Waals surface area contributed by atoms with Crippen LogP contribution in [-0.2, 0) is 17.9 Å². The number of benzene rings is 2. The average molecular weight is 449 g/mol. The summed E-state index contributed by atoms with van der Waals surface area (Å²) in [6.45, 7) is 5.08. The number of ether oxygens (including phenoxy) is 1. The number of hydrogen-bond donors (Lipinski definition) is 1. The summed E-state index contributed by atoms with van der Waals surface area (Å²) in [5.74, 6) is 0.650. The van der Waals surface area contributed by atoms with E-state index in [4.69, 9.17) is 4.74 Å². The van der Waals surface area contributed by atoms with Crippen LogP contribution in [0.4, 0.5) is 0 Å². The molecule has 0 aliphatic rings. The number of amides is 1. The first kappa shape index (κ1) is 24.3. The quantitative estimate of drug-likeness (QED) is 0.509. The Kier molecular flexibility index (Phi) is 8.44. The summed E-state index contributed by atoms with van der Waals surface area (Å²) < 4.78 is 7.32. The van der Waals surface area contributed by atoms with E-state index in [-0.39, 0.29) is 17.9 Å². The molecule has 0 radical (unpaired) electrons. The van der Waals surface area contributed by atoms with Gasteiger partial charge in [-0.05, 0) is 43.5 Å². The number of rotatable bonds is 10. The predicted octanol–water partition coefficient (Wildman–Crippen LogP) is 4.02. The number of nitrogens with zero attached hydrogens (tertiary/aromatic N) is 2. The molecule has 0 saturated heterocycles. The highest BCUT2D eigenvalue weighted by Crippen LogP contribution is 2.21. The Morgan fingerprint density at radius 3 is 2.39 bits per heavy atom. The SMILES string of the molecule is COc1cccc(C(O)CN(Cc2ccccc2)C(=O)CCCn2c(C)cc(=O)cc2C)c1. The summed E-state index contributed by atoms with van der Waals surface area (Å²) in [7, 11) is 1.59. The van der Waals surface area contributed by atoms with Crippen LogP contribution >= 0.6 is 0 Å². The molecule has 1 heterocycles. The van der Waals surface area contributed by atoms with E-state index in [1.165, 1.54) is 0 Å². The van der Waals surface area contributed by atoms with Crippen molar-refractivity contribution in [1.29, 1.82) is 0 Å². The number of carbonyl (C=O) groups excluding carboxylic acids is 1. The second kappa shape index (κ2) is 11.5. The lowest BCUT2D eigenvalue weighted by Gasteiger charge is -2.26. The molecule has 0 saturated carbocycles. The summed E-state index contributed by atoms with van der Waals surface area (Å²) in [5.41, 5.74) is 3.50. The smallest absolute Gasteiger partial charge is 0.223 e. The highest BCUT2D eigenvalue weighted by Gasteiger charge is 2.19. The van der Waals surface area contributed by atoms with E-state index in [1.54, 1.807) is 30.2 Å². The Hall–Kier alpha value is -3.38. The van der Waals surface area contributed by atoms with Gasteiger partial charge in [-0.2, -0.15) is 0 Å². The lowest BCUT2D eigenvalue weighted by molar-refractivity contribution is -0.133. The molecule has 1 N–H and O–H groups in total. The zero-order chi connectivity index (χ0) is 23.8. The molecular formula is C27H32N2O4. The molecule has 0 aliphatic carbocycles. The zero-order valence-corrected chi connectivity index (χ0v) is 19.5. The van der Waals surface area contributed by atoms with Crippen molar-refractivity contribution >= 4 is 5.91 Å². The monoisotopic (exact) mass is 448 g/mol. The fraction of sp³-hybridized carbons (Fsp3) is 0.333. The number of pyridine rings is 1. The summed E-state index contributed by atoms with van der Waals surface area (Å²) in [5, 5.41) is 10.9. The Balaban J connectivity index is 1.70. The van der Waals surface area contributed by atoms with Gasteiger partial charge >= 0.3 is 0 Å². The Morgan fingerprint density at radius 2 is 1.73 bits per heavy atom. The Morgan fingerprint density at radius 1 is 1.03 bits per heavy atom. The Labute approximate surface area is 195 Å². The summed E-state index contributed by atoms with van der Waals surface area (Å²) >= 11 is 0. The highest BCUT2D eigenvalue weighted by atomic mass is 16.5. The maximum atomic E-state index is 13.2. The topological polar surface area (TPSA) is 71.8 Å². The van der Waals surface area contributed by atoms with Gasteiger partial charge in [0.25, 0.3) is 0 Å². The molecule has 2 aromatic carbocycles. The van der Waals surface area contributed by atoms with Crippen molar-refractivity contribution in [1.82, 2.24) is 9.47 Å². The van der Waals surface area contributed by atoms with E-state index in [0.717, 1.165) is 17.0 Å². The summed E-state index contributed by atoms with van der Waals surface area (Å²) in [4.78, 5) is 26.6. The molecule has 1 amide bonds. The molecule has 33 heavy (non-hydrogen) atoms. The third kappa shape index (κ3) is 6.80. The van der Waals surface area contributed by atoms with Gasteiger partial charge in [-0.1, -0.05) is 42.5 Å². The highest BCUT2D eigenvalue weighted by molar-refractivity contribution is 5.76. The minimum Gasteiger partial charge on any atom is -0.497 e. The first-order chi connectivity index (χ1) is 15.9. The van der Waals surface area contributed by atoms with Crippen molar-refractivity contribution in [2.45, 2.75) is 45.9 Å². The standard InChI is InChI=1S/C27H32N2O4/c1-20-15-24(30)16-21(2)29(20)14-8-13-27(32)28(18-22-9-5-4-6-10-22)19-26(31)23-11-7-12-25(17-23)33-3/h4-7,9-12,15-17,26,31H,8,13-14,18-19H2,1-3H3. The van der Waals surface area contributed by atoms with E-state index in [1.807, 2.05) is 62.4 Å². The maximum Gasteiger partial charge on any atom is 0.223 e. The molecule has 3 aromatic rings. The molecular weight excluding hydrogens is 416 g/mol. The number of aryl methyl sites for hydroxylation is 2. The molecule has 1 atom stereocenters. The van der Waals surface area contributed by atoms with Crippen LogP contribution in [0.3, 0.4) is 0 Å². The van der Waals surface area contributed by atoms with E-state index >= 15 is 0 Å². The Bertz CT molecular complexity index is 1100. The van der Waals surface area contributed by atoms with Crippen molar-refractivity contribution in [3.05, 3.63) is 99.5 Å². The van der Waals surface area contributed by atoms with Crippen LogP contribution in [0.1, 0.15) is 41.5 Å². The van der Waals surface area contributed by atoms with E-state index < -0.39 is 6.10 Å². The third-order valence-corrected chi connectivity index (χ3v) is 5.77. The first-order valence-corrected chi connectivity index (χ1v) is 11.2. The molecule has 3 rings (SSSR count). The lowest BCUT2D eigenvalue weighted by Crippen LogP contribution is -2.34. The molecule has 0 bridgehead atoms. The molecule has 0 fully saturated rings. The molecule has 6 heteroatoms. The van der Waals surface area contributed by atoms with Crippen LogP contribution in [0, 0.1) is 13.8 Å². The van der Waals surface area contributed by atoms with Gasteiger partial charge in [0.2, 0.25) is 5.91 Å². The molecule has 1 aromatic heterocycles. The van der Waals surface area contributed by atoms with E-state index in [2.05, 4.69) is 4.57 Å². The number of carbonyl (C=O) groups is 1. The second-order valence-electron chi connectivity index (χ2n) is 8.28. The third-order valence-electron chi connectivity index (χ3n) is 5.77. The van der Waals surface area contributed by atoms with Crippen LogP contribution in [0.15, 0.2) is 71.5 Å². The van der Waals surface area contributed by atoms with Crippen molar-refractivity contribution in [2.75, 3.05) is 13.7 Å². The zero-order valence-electron chi connectivity index (χ0n) is 19.5. The van der Waals surface area contributed by atoms with E-state index in [9.17, 15) is 14.7 Å². The average Bonchev–Trinajstić information content (AvgIpc) is 2.80. The molecule has 1 unspecified atom stereocenters. The van der Waals surface area contributed by atoms with Gasteiger partial charge in [0.1, 0.15) is 5.75 Å². The fourth-order valence-corrected chi connectivity index (χ4v) is 4.01. The van der Waals surface area contributed by atoms with Gasteiger partial charge in [0.15, 0.2) is 5.43 Å². The van der Waals surface area contributed by atoms with Crippen LogP contribution < -0.4 is 10.2 Å². The molecule has 174 valence electrons. The molecule has 0 spiro atoms. The molecule has 0 aliphatic heterocycles. The number of aromatic nitrogens is 1. The number of methoxy groups -OCH3 is 1. The van der Waals surface area contributed by atoms with Crippen LogP contribution in [0.2, 0.25) is 0 Å². The largest absolute Gasteiger partial charge is 0.497 e. The van der Waals surface area contributed by atoms with E-state index in [0.29, 0.717) is 37.2 Å². The van der Waals surface area contributed by atoms with Gasteiger partial charge in [0.05, 0.1) is 19.8 Å². The number of aliphatic hydroxyl groups excluding tert-OH is 1. The fourth-order valence-electron chi connectivity index (χ4n) is 4.01. The lowest BCUT2D eigenvalue weighted by atomic mass is 10.1. The van der Waals surface area contributed by atoms with Crippen LogP contribution in [-0.4, -0.2) is 34.1 Å². The number of aliphatic hydroxyl groups is 1. The normalized spacial score (nSPS) is 11.8. The van der Waals surface area contributed by atoms with Gasteiger partial charge in [-0.25, -0.2) is 0 Å². The minimum absolute atomic E-state index is 0.00195. The van der Waals surface area contributed by atoms with Gasteiger partial charge < -0.3 is 19.3 Å². The maximum absolute atomic E-state index is 13.2. The second-order valence-corrected chi connectivity index (χ2v) is 8.28. The first-order valence-electron chi connectivity index (χ1n) is 11.2. The van der Waals surface area contributed by atoms with Crippen molar-refractivity contribution in [2.24, 2.45) is 0 Å². The van der Waals surface area contributed by atoms with Crippen molar-refractivity contribution in [3.63, 3.8) is 0 Å². The van der Waals surface area contributed by atoms with Crippen molar-refractivity contribution < 1.29 is 14.6 Å². The minimum atomic E-state index is -0.823. The van der Waals surface area contributed by atoms with Gasteiger partial charge in [-0.3, -0.25) is 9.59 Å². The van der Waals surface area contributed by atoms with Crippen LogP contribution in [0.5, 0.6) is 5.75 Å².